The zero-order chi connectivity index (χ0) is 11.4. The van der Waals surface area contributed by atoms with Gasteiger partial charge in [-0.05, 0) is 13.1 Å². The molecule has 0 spiro atoms. The highest BCUT2D eigenvalue weighted by Crippen LogP contribution is 2.01. The van der Waals surface area contributed by atoms with E-state index in [1.807, 2.05) is 18.7 Å². The standard InChI is InChI=1S/C9H15FN4O.H2O/c1-3-13(4-2)6-14-5-7(10)8(11)12-9(14)15;/h5H,3-4,6H2,1-2H3,(H2,11,12,15);1H2. The summed E-state index contributed by atoms with van der Waals surface area (Å²) < 4.78 is 14.3. The maximum absolute atomic E-state index is 13.1. The van der Waals surface area contributed by atoms with Crippen LogP contribution in [0.25, 0.3) is 0 Å². The second-order valence-electron chi connectivity index (χ2n) is 3.17. The fourth-order valence-corrected chi connectivity index (χ4v) is 1.22. The number of hydrogen-bond donors (Lipinski definition) is 1. The van der Waals surface area contributed by atoms with Crippen molar-refractivity contribution in [3.63, 3.8) is 0 Å². The fourth-order valence-electron chi connectivity index (χ4n) is 1.22. The van der Waals surface area contributed by atoms with Gasteiger partial charge in [-0.3, -0.25) is 9.47 Å². The van der Waals surface area contributed by atoms with Gasteiger partial charge in [0.15, 0.2) is 11.6 Å². The van der Waals surface area contributed by atoms with Gasteiger partial charge >= 0.3 is 5.69 Å². The lowest BCUT2D eigenvalue weighted by Crippen LogP contribution is -2.33. The first-order valence-corrected chi connectivity index (χ1v) is 4.83. The normalized spacial score (nSPS) is 10.2. The lowest BCUT2D eigenvalue weighted by Gasteiger charge is -2.18. The van der Waals surface area contributed by atoms with Crippen LogP contribution >= 0.6 is 0 Å². The molecule has 92 valence electrons. The molecule has 6 nitrogen and oxygen atoms in total. The van der Waals surface area contributed by atoms with Crippen molar-refractivity contribution < 1.29 is 9.87 Å². The molecule has 0 fully saturated rings. The van der Waals surface area contributed by atoms with Gasteiger partial charge < -0.3 is 11.2 Å². The number of nitrogens with two attached hydrogens (primary N) is 1. The number of halogens is 1. The van der Waals surface area contributed by atoms with Crippen molar-refractivity contribution in [2.24, 2.45) is 0 Å². The average molecular weight is 232 g/mol. The minimum Gasteiger partial charge on any atom is -0.412 e. The van der Waals surface area contributed by atoms with E-state index in [4.69, 9.17) is 5.73 Å². The molecule has 0 saturated heterocycles. The molecule has 7 heteroatoms. The summed E-state index contributed by atoms with van der Waals surface area (Å²) in [5.74, 6) is -1.02. The van der Waals surface area contributed by atoms with E-state index in [2.05, 4.69) is 4.98 Å². The first kappa shape index (κ1) is 14.5. The van der Waals surface area contributed by atoms with Crippen LogP contribution in [-0.2, 0) is 6.67 Å². The first-order chi connectivity index (χ1) is 7.08. The average Bonchev–Trinajstić information content (AvgIpc) is 2.21. The molecular formula is C9H17FN4O2. The zero-order valence-corrected chi connectivity index (χ0v) is 9.40. The number of aromatic nitrogens is 2. The van der Waals surface area contributed by atoms with Crippen molar-refractivity contribution in [2.75, 3.05) is 18.8 Å². The molecule has 1 heterocycles. The van der Waals surface area contributed by atoms with Crippen LogP contribution in [0.4, 0.5) is 10.2 Å². The largest absolute Gasteiger partial charge is 0.412 e. The predicted octanol–water partition coefficient (Wildman–Crippen LogP) is -0.561. The summed E-state index contributed by atoms with van der Waals surface area (Å²) in [7, 11) is 0. The molecular weight excluding hydrogens is 215 g/mol. The molecule has 0 bridgehead atoms. The topological polar surface area (TPSA) is 95.7 Å². The molecule has 0 atom stereocenters. The summed E-state index contributed by atoms with van der Waals surface area (Å²) in [5, 5.41) is 0. The Morgan fingerprint density at radius 1 is 1.50 bits per heavy atom. The summed E-state index contributed by atoms with van der Waals surface area (Å²) in [6.45, 7) is 5.84. The fraction of sp³-hybridized carbons (Fsp3) is 0.556. The Balaban J connectivity index is 0.00000225. The van der Waals surface area contributed by atoms with E-state index in [1.165, 1.54) is 4.57 Å². The number of hydrogen-bond acceptors (Lipinski definition) is 4. The molecule has 4 N–H and O–H groups in total. The number of nitrogen functional groups attached to an aromatic ring is 1. The van der Waals surface area contributed by atoms with Crippen LogP contribution in [0.3, 0.4) is 0 Å². The van der Waals surface area contributed by atoms with E-state index >= 15 is 0 Å². The van der Waals surface area contributed by atoms with E-state index < -0.39 is 11.5 Å². The summed E-state index contributed by atoms with van der Waals surface area (Å²) in [4.78, 5) is 16.7. The third-order valence-corrected chi connectivity index (χ3v) is 2.22. The van der Waals surface area contributed by atoms with E-state index in [-0.39, 0.29) is 11.3 Å². The summed E-state index contributed by atoms with van der Waals surface area (Å²) in [6.07, 6.45) is 1.09. The van der Waals surface area contributed by atoms with Crippen molar-refractivity contribution in [3.8, 4) is 0 Å². The Kier molecular flexibility index (Phi) is 5.62. The highest BCUT2D eigenvalue weighted by molar-refractivity contribution is 5.26. The van der Waals surface area contributed by atoms with Gasteiger partial charge in [-0.2, -0.15) is 4.98 Å². The minimum atomic E-state index is -0.665. The highest BCUT2D eigenvalue weighted by Gasteiger charge is 2.07. The van der Waals surface area contributed by atoms with Crippen molar-refractivity contribution in [2.45, 2.75) is 20.5 Å². The summed E-state index contributed by atoms with van der Waals surface area (Å²) in [5.41, 5.74) is 4.65. The molecule has 1 aromatic heterocycles. The summed E-state index contributed by atoms with van der Waals surface area (Å²) >= 11 is 0. The van der Waals surface area contributed by atoms with E-state index in [9.17, 15) is 9.18 Å². The van der Waals surface area contributed by atoms with E-state index in [0.29, 0.717) is 6.67 Å². The Labute approximate surface area is 92.8 Å². The van der Waals surface area contributed by atoms with Gasteiger partial charge in [-0.25, -0.2) is 9.18 Å². The van der Waals surface area contributed by atoms with Crippen LogP contribution in [-0.4, -0.2) is 33.0 Å². The molecule has 1 rings (SSSR count). The molecule has 0 saturated carbocycles. The Morgan fingerprint density at radius 2 is 2.06 bits per heavy atom. The molecule has 0 radical (unpaired) electrons. The van der Waals surface area contributed by atoms with Gasteiger partial charge in [0.2, 0.25) is 0 Å². The smallest absolute Gasteiger partial charge is 0.350 e. The van der Waals surface area contributed by atoms with E-state index in [0.717, 1.165) is 19.3 Å². The van der Waals surface area contributed by atoms with Gasteiger partial charge in [0, 0.05) is 6.20 Å². The zero-order valence-electron chi connectivity index (χ0n) is 9.40. The van der Waals surface area contributed by atoms with Crippen molar-refractivity contribution >= 4 is 5.82 Å². The maximum Gasteiger partial charge on any atom is 0.350 e. The Bertz CT molecular complexity index is 390. The molecule has 0 aliphatic heterocycles. The van der Waals surface area contributed by atoms with Gasteiger partial charge in [0.05, 0.1) is 6.67 Å². The molecule has 16 heavy (non-hydrogen) atoms. The number of anilines is 1. The highest BCUT2D eigenvalue weighted by atomic mass is 19.1. The maximum atomic E-state index is 13.1. The van der Waals surface area contributed by atoms with Crippen LogP contribution in [0.1, 0.15) is 13.8 Å². The quantitative estimate of drug-likeness (QED) is 0.752. The lowest BCUT2D eigenvalue weighted by molar-refractivity contribution is 0.235. The molecule has 0 aliphatic carbocycles. The van der Waals surface area contributed by atoms with Crippen LogP contribution in [0, 0.1) is 5.82 Å². The van der Waals surface area contributed by atoms with Crippen molar-refractivity contribution in [1.29, 1.82) is 0 Å². The third kappa shape index (κ3) is 3.28. The number of nitrogens with zero attached hydrogens (tertiary/aromatic N) is 3. The van der Waals surface area contributed by atoms with Crippen molar-refractivity contribution in [1.82, 2.24) is 14.5 Å². The third-order valence-electron chi connectivity index (χ3n) is 2.22. The van der Waals surface area contributed by atoms with Crippen LogP contribution in [0.15, 0.2) is 11.0 Å². The van der Waals surface area contributed by atoms with Crippen LogP contribution in [0.5, 0.6) is 0 Å². The summed E-state index contributed by atoms with van der Waals surface area (Å²) in [6, 6.07) is 0. The monoisotopic (exact) mass is 232 g/mol. The second kappa shape index (κ2) is 6.19. The van der Waals surface area contributed by atoms with Gasteiger partial charge in [-0.15, -0.1) is 0 Å². The molecule has 0 aromatic carbocycles. The Morgan fingerprint density at radius 3 is 2.56 bits per heavy atom. The molecule has 0 aliphatic rings. The lowest BCUT2D eigenvalue weighted by atomic mass is 10.5. The first-order valence-electron chi connectivity index (χ1n) is 4.83. The van der Waals surface area contributed by atoms with Crippen molar-refractivity contribution in [3.05, 3.63) is 22.5 Å². The molecule has 0 unspecified atom stereocenters. The molecule has 0 amide bonds. The SMILES string of the molecule is CCN(CC)Cn1cc(F)c(N)nc1=O.O. The molecule has 1 aromatic rings. The Hall–Kier alpha value is -1.47. The number of rotatable bonds is 4. The minimum absolute atomic E-state index is 0. The van der Waals surface area contributed by atoms with Gasteiger partial charge in [0.1, 0.15) is 0 Å². The van der Waals surface area contributed by atoms with Crippen LogP contribution in [0.2, 0.25) is 0 Å². The van der Waals surface area contributed by atoms with E-state index in [1.54, 1.807) is 0 Å². The second-order valence-corrected chi connectivity index (χ2v) is 3.17. The van der Waals surface area contributed by atoms with Gasteiger partial charge in [0.25, 0.3) is 0 Å². The van der Waals surface area contributed by atoms with Gasteiger partial charge in [-0.1, -0.05) is 13.8 Å². The van der Waals surface area contributed by atoms with Crippen LogP contribution < -0.4 is 11.4 Å². The predicted molar refractivity (Wildman–Crippen MR) is 59.4 cm³/mol.